The molecule has 0 amide bonds. The van der Waals surface area contributed by atoms with Crippen LogP contribution in [0.25, 0.3) is 0 Å². The fourth-order valence-corrected chi connectivity index (χ4v) is 4.93. The molecule has 2 nitrogen and oxygen atoms in total. The van der Waals surface area contributed by atoms with Crippen LogP contribution in [0.1, 0.15) is 58.8 Å². The minimum atomic E-state index is -0.237. The second-order valence-electron chi connectivity index (χ2n) is 7.57. The van der Waals surface area contributed by atoms with E-state index in [9.17, 15) is 5.11 Å². The summed E-state index contributed by atoms with van der Waals surface area (Å²) in [6.07, 6.45) is 11.4. The van der Waals surface area contributed by atoms with Crippen molar-refractivity contribution in [2.75, 3.05) is 6.54 Å². The molecule has 3 aliphatic rings. The summed E-state index contributed by atoms with van der Waals surface area (Å²) in [6.45, 7) is 5.61. The molecule has 0 aromatic carbocycles. The van der Waals surface area contributed by atoms with Gasteiger partial charge in [-0.2, -0.15) is 0 Å². The summed E-state index contributed by atoms with van der Waals surface area (Å²) in [5.41, 5.74) is 1.27. The summed E-state index contributed by atoms with van der Waals surface area (Å²) in [5, 5.41) is 13.5. The first-order valence-electron chi connectivity index (χ1n) is 8.75. The van der Waals surface area contributed by atoms with Gasteiger partial charge in [0, 0.05) is 6.04 Å². The van der Waals surface area contributed by atoms with Crippen LogP contribution in [0, 0.1) is 23.7 Å². The standard InChI is InChI=1S/C18H31NO/c1-12-4-3-5-16-10-18(19-11-17(12)16)15-8-6-14(7-9-15)13(2)20/h6,12-13,15-20H,3-5,7-11H2,1-2H3. The van der Waals surface area contributed by atoms with Gasteiger partial charge in [0.25, 0.3) is 0 Å². The maximum atomic E-state index is 9.67. The molecule has 20 heavy (non-hydrogen) atoms. The molecule has 2 fully saturated rings. The van der Waals surface area contributed by atoms with E-state index in [-0.39, 0.29) is 6.10 Å². The van der Waals surface area contributed by atoms with Gasteiger partial charge in [-0.3, -0.25) is 0 Å². The topological polar surface area (TPSA) is 32.3 Å². The summed E-state index contributed by atoms with van der Waals surface area (Å²) < 4.78 is 0. The average molecular weight is 277 g/mol. The van der Waals surface area contributed by atoms with E-state index < -0.39 is 0 Å². The molecule has 0 radical (unpaired) electrons. The predicted octanol–water partition coefficient (Wildman–Crippen LogP) is 3.51. The van der Waals surface area contributed by atoms with Crippen LogP contribution in [0.2, 0.25) is 0 Å². The number of rotatable bonds is 2. The molecule has 2 aliphatic carbocycles. The Balaban J connectivity index is 1.57. The van der Waals surface area contributed by atoms with E-state index in [1.807, 2.05) is 6.92 Å². The van der Waals surface area contributed by atoms with Crippen LogP contribution in [-0.4, -0.2) is 23.8 Å². The predicted molar refractivity (Wildman–Crippen MR) is 83.5 cm³/mol. The summed E-state index contributed by atoms with van der Waals surface area (Å²) in [5.74, 6) is 3.64. The fraction of sp³-hybridized carbons (Fsp3) is 0.889. The van der Waals surface area contributed by atoms with Crippen molar-refractivity contribution in [1.82, 2.24) is 5.32 Å². The van der Waals surface area contributed by atoms with Gasteiger partial charge >= 0.3 is 0 Å². The van der Waals surface area contributed by atoms with Crippen LogP contribution < -0.4 is 5.32 Å². The number of aliphatic hydroxyl groups excluding tert-OH is 1. The van der Waals surface area contributed by atoms with Gasteiger partial charge < -0.3 is 10.4 Å². The van der Waals surface area contributed by atoms with Crippen molar-refractivity contribution in [2.45, 2.75) is 70.9 Å². The maximum absolute atomic E-state index is 9.67. The summed E-state index contributed by atoms with van der Waals surface area (Å²) in [4.78, 5) is 0. The Morgan fingerprint density at radius 2 is 2.10 bits per heavy atom. The van der Waals surface area contributed by atoms with Crippen LogP contribution in [0.3, 0.4) is 0 Å². The molecule has 2 N–H and O–H groups in total. The number of fused-ring (bicyclic) bond motifs is 1. The molecule has 1 saturated heterocycles. The van der Waals surface area contributed by atoms with Crippen LogP contribution in [0.4, 0.5) is 0 Å². The first-order chi connectivity index (χ1) is 9.65. The van der Waals surface area contributed by atoms with Crippen molar-refractivity contribution in [2.24, 2.45) is 23.7 Å². The van der Waals surface area contributed by atoms with Crippen molar-refractivity contribution >= 4 is 0 Å². The lowest BCUT2D eigenvalue weighted by Gasteiger charge is -2.46. The highest BCUT2D eigenvalue weighted by Crippen LogP contribution is 2.41. The molecule has 6 unspecified atom stereocenters. The van der Waals surface area contributed by atoms with Gasteiger partial charge in [-0.1, -0.05) is 32.3 Å². The molecule has 0 spiro atoms. The van der Waals surface area contributed by atoms with Gasteiger partial charge in [-0.15, -0.1) is 0 Å². The largest absolute Gasteiger partial charge is 0.389 e. The summed E-state index contributed by atoms with van der Waals surface area (Å²) in [7, 11) is 0. The highest BCUT2D eigenvalue weighted by molar-refractivity contribution is 5.11. The van der Waals surface area contributed by atoms with Crippen LogP contribution in [0.15, 0.2) is 11.6 Å². The molecule has 2 heteroatoms. The Bertz CT molecular complexity index is 362. The molecule has 3 rings (SSSR count). The number of hydrogen-bond donors (Lipinski definition) is 2. The van der Waals surface area contributed by atoms with E-state index in [4.69, 9.17) is 0 Å². The van der Waals surface area contributed by atoms with E-state index in [0.717, 1.165) is 36.1 Å². The average Bonchev–Trinajstić information content (AvgIpc) is 2.47. The summed E-state index contributed by atoms with van der Waals surface area (Å²) in [6, 6.07) is 0.730. The van der Waals surface area contributed by atoms with Crippen LogP contribution >= 0.6 is 0 Å². The first-order valence-corrected chi connectivity index (χ1v) is 8.75. The third kappa shape index (κ3) is 2.96. The second-order valence-corrected chi connectivity index (χ2v) is 7.57. The first kappa shape index (κ1) is 14.6. The van der Waals surface area contributed by atoms with E-state index in [0.29, 0.717) is 0 Å². The van der Waals surface area contributed by atoms with Gasteiger partial charge in [0.1, 0.15) is 0 Å². The Morgan fingerprint density at radius 1 is 1.25 bits per heavy atom. The zero-order valence-electron chi connectivity index (χ0n) is 13.1. The number of allylic oxidation sites excluding steroid dienone is 1. The van der Waals surface area contributed by atoms with E-state index >= 15 is 0 Å². The van der Waals surface area contributed by atoms with Crippen molar-refractivity contribution < 1.29 is 5.11 Å². The summed E-state index contributed by atoms with van der Waals surface area (Å²) >= 11 is 0. The zero-order chi connectivity index (χ0) is 14.1. The zero-order valence-corrected chi connectivity index (χ0v) is 13.1. The molecular formula is C18H31NO. The molecule has 0 aromatic rings. The number of aliphatic hydroxyl groups is 1. The lowest BCUT2D eigenvalue weighted by atomic mass is 9.66. The van der Waals surface area contributed by atoms with Crippen LogP contribution in [-0.2, 0) is 0 Å². The molecular weight excluding hydrogens is 246 g/mol. The lowest BCUT2D eigenvalue weighted by Crippen LogP contribution is -2.50. The molecule has 1 aliphatic heterocycles. The normalized spacial score (nSPS) is 43.5. The molecule has 0 bridgehead atoms. The van der Waals surface area contributed by atoms with E-state index in [1.54, 1.807) is 0 Å². The number of hydrogen-bond acceptors (Lipinski definition) is 2. The third-order valence-corrected chi connectivity index (χ3v) is 6.34. The Kier molecular flexibility index (Phi) is 4.52. The fourth-order valence-electron chi connectivity index (χ4n) is 4.93. The Morgan fingerprint density at radius 3 is 2.80 bits per heavy atom. The van der Waals surface area contributed by atoms with Gasteiger partial charge in [0.05, 0.1) is 6.10 Å². The second kappa shape index (κ2) is 6.19. The highest BCUT2D eigenvalue weighted by atomic mass is 16.3. The molecule has 1 saturated carbocycles. The quantitative estimate of drug-likeness (QED) is 0.757. The number of nitrogens with one attached hydrogen (secondary N) is 1. The molecule has 0 aromatic heterocycles. The lowest BCUT2D eigenvalue weighted by molar-refractivity contribution is 0.0842. The van der Waals surface area contributed by atoms with Crippen molar-refractivity contribution in [3.05, 3.63) is 11.6 Å². The minimum absolute atomic E-state index is 0.237. The smallest absolute Gasteiger partial charge is 0.0721 e. The highest BCUT2D eigenvalue weighted by Gasteiger charge is 2.38. The van der Waals surface area contributed by atoms with E-state index in [2.05, 4.69) is 18.3 Å². The van der Waals surface area contributed by atoms with Gasteiger partial charge in [0.2, 0.25) is 0 Å². The molecule has 1 heterocycles. The van der Waals surface area contributed by atoms with Gasteiger partial charge in [-0.25, -0.2) is 0 Å². The Labute approximate surface area is 124 Å². The van der Waals surface area contributed by atoms with Crippen molar-refractivity contribution in [3.63, 3.8) is 0 Å². The maximum Gasteiger partial charge on any atom is 0.0721 e. The van der Waals surface area contributed by atoms with Crippen molar-refractivity contribution in [3.8, 4) is 0 Å². The molecule has 6 atom stereocenters. The van der Waals surface area contributed by atoms with E-state index in [1.165, 1.54) is 50.6 Å². The van der Waals surface area contributed by atoms with Crippen molar-refractivity contribution in [1.29, 1.82) is 0 Å². The van der Waals surface area contributed by atoms with Gasteiger partial charge in [0.15, 0.2) is 0 Å². The SMILES string of the molecule is CC(O)C1=CCC(C2CC3CCCC(C)C3CN2)CC1. The van der Waals surface area contributed by atoms with Crippen LogP contribution in [0.5, 0.6) is 0 Å². The molecule has 114 valence electrons. The van der Waals surface area contributed by atoms with Gasteiger partial charge in [-0.05, 0) is 68.4 Å². The number of piperidine rings is 1. The monoisotopic (exact) mass is 277 g/mol. The third-order valence-electron chi connectivity index (χ3n) is 6.34. The Hall–Kier alpha value is -0.340. The minimum Gasteiger partial charge on any atom is -0.389 e.